The number of ether oxygens (including phenoxy) is 2. The van der Waals surface area contributed by atoms with E-state index in [1.807, 2.05) is 31.2 Å². The molecule has 3 aromatic rings. The van der Waals surface area contributed by atoms with E-state index in [2.05, 4.69) is 20.9 Å². The van der Waals surface area contributed by atoms with Crippen molar-refractivity contribution in [3.63, 3.8) is 0 Å². The van der Waals surface area contributed by atoms with Crippen LogP contribution < -0.4 is 19.6 Å². The molecule has 35 heavy (non-hydrogen) atoms. The van der Waals surface area contributed by atoms with Gasteiger partial charge in [-0.05, 0) is 50.6 Å². The minimum Gasteiger partial charge on any atom is -0.507 e. The van der Waals surface area contributed by atoms with Gasteiger partial charge < -0.3 is 14.6 Å². The Morgan fingerprint density at radius 1 is 1.26 bits per heavy atom. The number of halogens is 1. The molecule has 0 saturated carbocycles. The molecular weight excluding hydrogens is 532 g/mol. The fourth-order valence-corrected chi connectivity index (χ4v) is 5.33. The highest BCUT2D eigenvalue weighted by Gasteiger charge is 2.35. The van der Waals surface area contributed by atoms with Crippen molar-refractivity contribution in [1.82, 2.24) is 4.57 Å². The minimum absolute atomic E-state index is 0.0530. The molecule has 0 saturated heterocycles. The number of fused-ring (bicyclic) bond motifs is 1. The molecule has 0 amide bonds. The second-order valence-corrected chi connectivity index (χ2v) is 9.82. The summed E-state index contributed by atoms with van der Waals surface area (Å²) in [5.74, 6) is 0.121. The second kappa shape index (κ2) is 10.6. The summed E-state index contributed by atoms with van der Waals surface area (Å²) in [5.41, 5.74) is 1.63. The molecule has 7 nitrogen and oxygen atoms in total. The summed E-state index contributed by atoms with van der Waals surface area (Å²) in [5, 5.41) is 10.3. The van der Waals surface area contributed by atoms with Crippen molar-refractivity contribution in [1.29, 1.82) is 0 Å². The number of aromatic hydroxyl groups is 1. The van der Waals surface area contributed by atoms with E-state index >= 15 is 0 Å². The lowest BCUT2D eigenvalue weighted by Crippen LogP contribution is -2.40. The molecule has 2 heterocycles. The number of thiazole rings is 1. The van der Waals surface area contributed by atoms with Crippen LogP contribution >= 0.6 is 27.3 Å². The number of phenolic OH excluding ortho intramolecular Hbond substituents is 1. The zero-order valence-electron chi connectivity index (χ0n) is 19.6. The summed E-state index contributed by atoms with van der Waals surface area (Å²) in [4.78, 5) is 31.9. The third kappa shape index (κ3) is 4.97. The number of hydrogen-bond acceptors (Lipinski definition) is 7. The molecule has 1 unspecified atom stereocenters. The average molecular weight is 557 g/mol. The molecule has 0 bridgehead atoms. The van der Waals surface area contributed by atoms with Crippen molar-refractivity contribution in [2.45, 2.75) is 33.2 Å². The van der Waals surface area contributed by atoms with Gasteiger partial charge in [0.1, 0.15) is 17.5 Å². The van der Waals surface area contributed by atoms with Crippen molar-refractivity contribution < 1.29 is 19.4 Å². The first-order valence-electron chi connectivity index (χ1n) is 11.3. The standard InChI is InChI=1S/C26H25BrN2O5S/c1-4-12-34-20-9-7-6-8-18(20)23-22(25(32)33-5-2)15(3)28-26-29(23)24(31)21(35-26)14-16-13-17(27)10-11-19(16)30/h6-11,13-14,23,30H,4-5,12H2,1-3H3. The van der Waals surface area contributed by atoms with Gasteiger partial charge in [-0.25, -0.2) is 9.79 Å². The van der Waals surface area contributed by atoms with Crippen LogP contribution in [0.3, 0.4) is 0 Å². The number of nitrogens with zero attached hydrogens (tertiary/aromatic N) is 2. The summed E-state index contributed by atoms with van der Waals surface area (Å²) >= 11 is 4.60. The topological polar surface area (TPSA) is 90.1 Å². The number of allylic oxidation sites excluding steroid dienone is 1. The van der Waals surface area contributed by atoms with Gasteiger partial charge in [-0.1, -0.05) is 52.4 Å². The second-order valence-electron chi connectivity index (χ2n) is 7.89. The van der Waals surface area contributed by atoms with Gasteiger partial charge in [0, 0.05) is 15.6 Å². The molecule has 9 heteroatoms. The van der Waals surface area contributed by atoms with E-state index in [0.29, 0.717) is 44.1 Å². The first kappa shape index (κ1) is 24.9. The third-order valence-electron chi connectivity index (χ3n) is 5.47. The van der Waals surface area contributed by atoms with Gasteiger partial charge in [0.15, 0.2) is 4.80 Å². The Morgan fingerprint density at radius 3 is 2.77 bits per heavy atom. The molecule has 0 radical (unpaired) electrons. The maximum Gasteiger partial charge on any atom is 0.338 e. The number of phenols is 1. The molecule has 0 spiro atoms. The van der Waals surface area contributed by atoms with Gasteiger partial charge in [-0.3, -0.25) is 9.36 Å². The first-order chi connectivity index (χ1) is 16.8. The molecule has 1 aliphatic heterocycles. The Hall–Kier alpha value is -3.17. The number of aromatic nitrogens is 1. The zero-order valence-corrected chi connectivity index (χ0v) is 22.0. The van der Waals surface area contributed by atoms with Crippen LogP contribution in [0.25, 0.3) is 6.08 Å². The number of carbonyl (C=O) groups is 1. The number of rotatable bonds is 7. The summed E-state index contributed by atoms with van der Waals surface area (Å²) in [6, 6.07) is 11.6. The largest absolute Gasteiger partial charge is 0.507 e. The highest BCUT2D eigenvalue weighted by atomic mass is 79.9. The van der Waals surface area contributed by atoms with Gasteiger partial charge in [-0.15, -0.1) is 0 Å². The molecule has 0 aliphatic carbocycles. The normalized spacial score (nSPS) is 15.5. The molecule has 1 aromatic heterocycles. The average Bonchev–Trinajstić information content (AvgIpc) is 3.14. The fraction of sp³-hybridized carbons (Fsp3) is 0.269. The van der Waals surface area contributed by atoms with Crippen LogP contribution in [0.15, 0.2) is 68.0 Å². The van der Waals surface area contributed by atoms with E-state index in [9.17, 15) is 14.7 Å². The first-order valence-corrected chi connectivity index (χ1v) is 12.9. The third-order valence-corrected chi connectivity index (χ3v) is 6.94. The number of hydrogen-bond donors (Lipinski definition) is 1. The van der Waals surface area contributed by atoms with Gasteiger partial charge in [-0.2, -0.15) is 0 Å². The predicted octanol–water partition coefficient (Wildman–Crippen LogP) is 4.06. The van der Waals surface area contributed by atoms with Crippen LogP contribution in [0, 0.1) is 0 Å². The number of para-hydroxylation sites is 1. The number of benzene rings is 2. The van der Waals surface area contributed by atoms with Crippen LogP contribution in [0.1, 0.15) is 44.4 Å². The Bertz CT molecular complexity index is 1490. The van der Waals surface area contributed by atoms with E-state index in [4.69, 9.17) is 9.47 Å². The van der Waals surface area contributed by atoms with Crippen molar-refractivity contribution in [3.8, 4) is 11.5 Å². The molecule has 1 aliphatic rings. The predicted molar refractivity (Wildman–Crippen MR) is 138 cm³/mol. The quantitative estimate of drug-likeness (QED) is 0.443. The molecule has 182 valence electrons. The highest BCUT2D eigenvalue weighted by molar-refractivity contribution is 9.10. The van der Waals surface area contributed by atoms with Gasteiger partial charge in [0.2, 0.25) is 0 Å². The zero-order chi connectivity index (χ0) is 25.1. The summed E-state index contributed by atoms with van der Waals surface area (Å²) < 4.78 is 14.0. The van der Waals surface area contributed by atoms with Crippen molar-refractivity contribution in [2.24, 2.45) is 4.99 Å². The SMILES string of the molecule is CCCOc1ccccc1C1C(C(=O)OCC)=C(C)N=c2sc(=Cc3cc(Br)ccc3O)c(=O)n21. The van der Waals surface area contributed by atoms with Crippen LogP contribution in [0.2, 0.25) is 0 Å². The Morgan fingerprint density at radius 2 is 2.03 bits per heavy atom. The van der Waals surface area contributed by atoms with Gasteiger partial charge in [0.25, 0.3) is 5.56 Å². The van der Waals surface area contributed by atoms with Crippen molar-refractivity contribution in [2.75, 3.05) is 13.2 Å². The van der Waals surface area contributed by atoms with E-state index in [0.717, 1.165) is 10.9 Å². The molecular formula is C26H25BrN2O5S. The Labute approximate surface area is 214 Å². The van der Waals surface area contributed by atoms with E-state index < -0.39 is 12.0 Å². The summed E-state index contributed by atoms with van der Waals surface area (Å²) in [6.45, 7) is 6.19. The molecule has 4 rings (SSSR count). The van der Waals surface area contributed by atoms with Crippen LogP contribution in [-0.4, -0.2) is 28.9 Å². The minimum atomic E-state index is -0.767. The van der Waals surface area contributed by atoms with Crippen LogP contribution in [0.5, 0.6) is 11.5 Å². The van der Waals surface area contributed by atoms with Gasteiger partial charge >= 0.3 is 5.97 Å². The lowest BCUT2D eigenvalue weighted by atomic mass is 9.95. The van der Waals surface area contributed by atoms with E-state index in [1.54, 1.807) is 38.1 Å². The maximum absolute atomic E-state index is 13.7. The van der Waals surface area contributed by atoms with Crippen LogP contribution in [-0.2, 0) is 9.53 Å². The maximum atomic E-state index is 13.7. The molecule has 2 aromatic carbocycles. The molecule has 1 atom stereocenters. The number of carbonyl (C=O) groups excluding carboxylic acids is 1. The lowest BCUT2D eigenvalue weighted by Gasteiger charge is -2.26. The summed E-state index contributed by atoms with van der Waals surface area (Å²) in [6.07, 6.45) is 2.44. The fourth-order valence-electron chi connectivity index (χ4n) is 3.92. The Balaban J connectivity index is 1.98. The number of esters is 1. The summed E-state index contributed by atoms with van der Waals surface area (Å²) in [7, 11) is 0. The van der Waals surface area contributed by atoms with Crippen LogP contribution in [0.4, 0.5) is 0 Å². The van der Waals surface area contributed by atoms with E-state index in [-0.39, 0.29) is 17.9 Å². The van der Waals surface area contributed by atoms with Crippen molar-refractivity contribution in [3.05, 3.63) is 89.0 Å². The molecule has 0 fully saturated rings. The Kier molecular flexibility index (Phi) is 7.57. The lowest BCUT2D eigenvalue weighted by molar-refractivity contribution is -0.139. The van der Waals surface area contributed by atoms with E-state index in [1.165, 1.54) is 15.9 Å². The molecule has 1 N–H and O–H groups in total. The van der Waals surface area contributed by atoms with Gasteiger partial charge in [0.05, 0.1) is 29.0 Å². The smallest absolute Gasteiger partial charge is 0.338 e. The monoisotopic (exact) mass is 556 g/mol. The highest BCUT2D eigenvalue weighted by Crippen LogP contribution is 2.36. The van der Waals surface area contributed by atoms with Crippen molar-refractivity contribution >= 4 is 39.3 Å².